The van der Waals surface area contributed by atoms with Crippen molar-refractivity contribution in [1.29, 1.82) is 5.41 Å². The zero-order valence-electron chi connectivity index (χ0n) is 11.5. The Balaban J connectivity index is 0.000000394. The number of guanidine groups is 1. The van der Waals surface area contributed by atoms with Gasteiger partial charge in [-0.25, -0.2) is 0 Å². The van der Waals surface area contributed by atoms with Crippen LogP contribution in [0.2, 0.25) is 0 Å². The van der Waals surface area contributed by atoms with Gasteiger partial charge in [0.25, 0.3) is 0 Å². The van der Waals surface area contributed by atoms with Crippen LogP contribution in [-0.4, -0.2) is 34.7 Å². The molecular weight excluding hydrogens is 276 g/mol. The first-order valence-corrected chi connectivity index (χ1v) is 6.19. The van der Waals surface area contributed by atoms with Crippen LogP contribution in [0.5, 0.6) is 5.75 Å². The second-order valence-corrected chi connectivity index (χ2v) is 4.09. The Hall–Kier alpha value is -2.61. The molecule has 0 saturated carbocycles. The molecule has 116 valence electrons. The van der Waals surface area contributed by atoms with Crippen LogP contribution >= 0.6 is 0 Å². The third-order valence-corrected chi connectivity index (χ3v) is 2.30. The van der Waals surface area contributed by atoms with Gasteiger partial charge < -0.3 is 27.0 Å². The normalized spacial score (nSPS) is 10.7. The maximum atomic E-state index is 10.6. The van der Waals surface area contributed by atoms with Gasteiger partial charge in [0.15, 0.2) is 11.7 Å². The van der Waals surface area contributed by atoms with Crippen molar-refractivity contribution < 1.29 is 15.0 Å². The molecule has 0 bridgehead atoms. The lowest BCUT2D eigenvalue weighted by atomic mass is 10.2. The summed E-state index contributed by atoms with van der Waals surface area (Å²) in [6.45, 7) is 0.482. The van der Waals surface area contributed by atoms with Crippen LogP contribution in [0.15, 0.2) is 35.1 Å². The van der Waals surface area contributed by atoms with Crippen molar-refractivity contribution in [2.24, 2.45) is 11.5 Å². The fourth-order valence-electron chi connectivity index (χ4n) is 1.19. The average Bonchev–Trinajstić information content (AvgIpc) is 2.60. The molecule has 0 aliphatic rings. The van der Waals surface area contributed by atoms with Crippen LogP contribution in [0.25, 0.3) is 0 Å². The lowest BCUT2D eigenvalue weighted by molar-refractivity contribution is -0.138. The monoisotopic (exact) mass is 296 g/mol. The topological polar surface area (TPSA) is 163 Å². The zero-order valence-corrected chi connectivity index (χ0v) is 11.5. The molecule has 0 spiro atoms. The number of carboxylic acid groups (broad SMARTS) is 1. The van der Waals surface area contributed by atoms with E-state index in [1.807, 2.05) is 0 Å². The Morgan fingerprint density at radius 1 is 1.33 bits per heavy atom. The van der Waals surface area contributed by atoms with Crippen molar-refractivity contribution in [3.8, 4) is 5.75 Å². The number of rotatable bonds is 5. The molecule has 0 radical (unpaired) electrons. The quantitative estimate of drug-likeness (QED) is 0.240. The summed E-state index contributed by atoms with van der Waals surface area (Å²) in [5.74, 6) is -1.32. The Bertz CT molecular complexity index is 522. The molecule has 8 N–H and O–H groups in total. The number of aromatic hydroxyl groups is 1. The maximum Gasteiger partial charge on any atom is 0.320 e. The largest absolute Gasteiger partial charge is 0.504 e. The van der Waals surface area contributed by atoms with Gasteiger partial charge in [-0.1, -0.05) is 18.2 Å². The Morgan fingerprint density at radius 3 is 2.52 bits per heavy atom. The van der Waals surface area contributed by atoms with Crippen molar-refractivity contribution in [2.45, 2.75) is 18.9 Å². The van der Waals surface area contributed by atoms with Gasteiger partial charge in [0.2, 0.25) is 5.43 Å². The van der Waals surface area contributed by atoms with E-state index in [0.29, 0.717) is 19.4 Å². The molecule has 0 saturated heterocycles. The van der Waals surface area contributed by atoms with E-state index >= 15 is 0 Å². The van der Waals surface area contributed by atoms with E-state index in [1.165, 1.54) is 12.1 Å². The van der Waals surface area contributed by atoms with Gasteiger partial charge in [0.05, 0.1) is 0 Å². The number of hydrogen-bond acceptors (Lipinski definition) is 5. The van der Waals surface area contributed by atoms with Gasteiger partial charge in [-0.15, -0.1) is 0 Å². The predicted octanol–water partition coefficient (Wildman–Crippen LogP) is -0.586. The summed E-state index contributed by atoms with van der Waals surface area (Å²) in [6.07, 6.45) is 0.975. The van der Waals surface area contributed by atoms with E-state index in [0.717, 1.165) is 0 Å². The van der Waals surface area contributed by atoms with Crippen molar-refractivity contribution >= 4 is 11.9 Å². The minimum Gasteiger partial charge on any atom is -0.504 e. The molecule has 0 aliphatic carbocycles. The molecule has 1 aromatic rings. The third kappa shape index (κ3) is 9.91. The summed E-state index contributed by atoms with van der Waals surface area (Å²) >= 11 is 0. The molecule has 8 heteroatoms. The van der Waals surface area contributed by atoms with Gasteiger partial charge in [-0.05, 0) is 25.0 Å². The van der Waals surface area contributed by atoms with Crippen molar-refractivity contribution in [1.82, 2.24) is 5.32 Å². The van der Waals surface area contributed by atoms with Gasteiger partial charge in [0.1, 0.15) is 6.04 Å². The number of aliphatic carboxylic acids is 1. The molecule has 0 fully saturated rings. The second kappa shape index (κ2) is 10.2. The summed E-state index contributed by atoms with van der Waals surface area (Å²) in [4.78, 5) is 20.8. The number of carbonyl (C=O) groups is 1. The van der Waals surface area contributed by atoms with Crippen LogP contribution in [0.3, 0.4) is 0 Å². The fraction of sp³-hybridized carbons (Fsp3) is 0.308. The highest BCUT2D eigenvalue weighted by Gasteiger charge is 2.09. The predicted molar refractivity (Wildman–Crippen MR) is 79.1 cm³/mol. The lowest BCUT2D eigenvalue weighted by Crippen LogP contribution is -2.34. The fourth-order valence-corrected chi connectivity index (χ4v) is 1.19. The maximum absolute atomic E-state index is 10.6. The van der Waals surface area contributed by atoms with Crippen LogP contribution in [0, 0.1) is 5.41 Å². The summed E-state index contributed by atoms with van der Waals surface area (Å²) < 4.78 is 0. The first-order chi connectivity index (χ1) is 9.84. The molecule has 1 atom stereocenters. The van der Waals surface area contributed by atoms with E-state index in [-0.39, 0.29) is 17.1 Å². The molecule has 0 heterocycles. The molecule has 0 aromatic heterocycles. The van der Waals surface area contributed by atoms with E-state index in [1.54, 1.807) is 18.2 Å². The van der Waals surface area contributed by atoms with E-state index in [9.17, 15) is 9.59 Å². The molecule has 1 aromatic carbocycles. The highest BCUT2D eigenvalue weighted by atomic mass is 16.4. The number of nitrogens with one attached hydrogen (secondary N) is 2. The molecule has 0 unspecified atom stereocenters. The minimum atomic E-state index is -1.00. The first kappa shape index (κ1) is 18.4. The summed E-state index contributed by atoms with van der Waals surface area (Å²) in [6, 6.07) is 6.73. The SMILES string of the molecule is N=C(N)NCCC[C@H](N)C(=O)O.O=c1cccccc1O. The molecule has 21 heavy (non-hydrogen) atoms. The van der Waals surface area contributed by atoms with Gasteiger partial charge in [-0.2, -0.15) is 0 Å². The highest BCUT2D eigenvalue weighted by Crippen LogP contribution is 1.94. The Kier molecular flexibility index (Phi) is 8.94. The van der Waals surface area contributed by atoms with E-state index in [4.69, 9.17) is 27.1 Å². The van der Waals surface area contributed by atoms with Gasteiger partial charge >= 0.3 is 5.97 Å². The number of carboxylic acids is 1. The second-order valence-electron chi connectivity index (χ2n) is 4.09. The Morgan fingerprint density at radius 2 is 1.95 bits per heavy atom. The summed E-state index contributed by atoms with van der Waals surface area (Å²) in [5.41, 5.74) is 9.87. The van der Waals surface area contributed by atoms with Gasteiger partial charge in [0, 0.05) is 6.54 Å². The lowest BCUT2D eigenvalue weighted by Gasteiger charge is -2.06. The van der Waals surface area contributed by atoms with Crippen LogP contribution in [0.1, 0.15) is 12.8 Å². The summed E-state index contributed by atoms with van der Waals surface area (Å²) in [5, 5.41) is 26.5. The zero-order chi connectivity index (χ0) is 16.3. The van der Waals surface area contributed by atoms with Crippen molar-refractivity contribution in [3.63, 3.8) is 0 Å². The van der Waals surface area contributed by atoms with Crippen molar-refractivity contribution in [3.05, 3.63) is 40.6 Å². The highest BCUT2D eigenvalue weighted by molar-refractivity contribution is 5.74. The minimum absolute atomic E-state index is 0.112. The van der Waals surface area contributed by atoms with E-state index < -0.39 is 12.0 Å². The molecule has 0 aliphatic heterocycles. The van der Waals surface area contributed by atoms with Gasteiger partial charge in [-0.3, -0.25) is 15.0 Å². The molecule has 8 nitrogen and oxygen atoms in total. The Labute approximate surface area is 121 Å². The average molecular weight is 296 g/mol. The smallest absolute Gasteiger partial charge is 0.320 e. The van der Waals surface area contributed by atoms with Crippen molar-refractivity contribution in [2.75, 3.05) is 6.54 Å². The van der Waals surface area contributed by atoms with E-state index in [2.05, 4.69) is 5.32 Å². The molecule has 0 amide bonds. The molecular formula is C13H20N4O4. The van der Waals surface area contributed by atoms with Crippen LogP contribution < -0.4 is 22.2 Å². The standard InChI is InChI=1S/C7H6O2.C6H14N4O2/c8-6-4-2-1-3-5-7(6)9;7-4(5(11)12)2-1-3-10-6(8)9/h1-5H,(H,8,9);4H,1-3,7H2,(H,11,12)(H4,8,9,10)/t;4-/m.0/s1. The van der Waals surface area contributed by atoms with Crippen LogP contribution in [0.4, 0.5) is 0 Å². The summed E-state index contributed by atoms with van der Waals surface area (Å²) in [7, 11) is 0. The number of nitrogens with two attached hydrogens (primary N) is 2. The first-order valence-electron chi connectivity index (χ1n) is 6.19. The molecule has 1 rings (SSSR count). The third-order valence-electron chi connectivity index (χ3n) is 2.30. The number of hydrogen-bond donors (Lipinski definition) is 6. The van der Waals surface area contributed by atoms with Crippen LogP contribution in [-0.2, 0) is 4.79 Å².